The molecule has 0 radical (unpaired) electrons. The molecule has 0 bridgehead atoms. The van der Waals surface area contributed by atoms with Gasteiger partial charge >= 0.3 is 5.97 Å². The fourth-order valence-electron chi connectivity index (χ4n) is 7.06. The smallest absolute Gasteiger partial charge is 0.335 e. The van der Waals surface area contributed by atoms with Crippen molar-refractivity contribution in [1.82, 2.24) is 15.1 Å². The SMILES string of the molecule is CCCCN1C(=O)[C@@H]([C@H](O)C2CCCCC2)NC(=O)C12CCN(Cc1ccc(Cc3ccc(C(=O)O)cc3)cc1)CC2. The number of piperazine rings is 1. The first-order chi connectivity index (χ1) is 20.3. The second-order valence-corrected chi connectivity index (χ2v) is 12.5. The largest absolute Gasteiger partial charge is 0.478 e. The number of benzene rings is 2. The summed E-state index contributed by atoms with van der Waals surface area (Å²) in [6, 6.07) is 14.6. The lowest BCUT2D eigenvalue weighted by atomic mass is 9.78. The first-order valence-electron chi connectivity index (χ1n) is 15.7. The molecule has 1 aliphatic carbocycles. The van der Waals surface area contributed by atoms with Crippen LogP contribution in [0.4, 0.5) is 0 Å². The van der Waals surface area contributed by atoms with E-state index in [-0.39, 0.29) is 23.3 Å². The highest BCUT2D eigenvalue weighted by atomic mass is 16.4. The number of aromatic carboxylic acids is 1. The first kappa shape index (κ1) is 30.2. The third kappa shape index (κ3) is 6.55. The topological polar surface area (TPSA) is 110 Å². The molecule has 8 heteroatoms. The molecule has 2 saturated heterocycles. The molecule has 1 saturated carbocycles. The second-order valence-electron chi connectivity index (χ2n) is 12.5. The molecular formula is C34H45N3O5. The molecule has 2 aromatic carbocycles. The van der Waals surface area contributed by atoms with Crippen molar-refractivity contribution in [3.05, 3.63) is 70.8 Å². The Morgan fingerprint density at radius 3 is 2.14 bits per heavy atom. The number of amides is 2. The fraction of sp³-hybridized carbons (Fsp3) is 0.559. The highest BCUT2D eigenvalue weighted by molar-refractivity contribution is 6.00. The maximum absolute atomic E-state index is 13.8. The van der Waals surface area contributed by atoms with E-state index in [4.69, 9.17) is 5.11 Å². The Labute approximate surface area is 249 Å². The molecular weight excluding hydrogens is 530 g/mol. The Bertz CT molecular complexity index is 1230. The zero-order valence-corrected chi connectivity index (χ0v) is 24.8. The van der Waals surface area contributed by atoms with Gasteiger partial charge in [-0.15, -0.1) is 0 Å². The van der Waals surface area contributed by atoms with E-state index in [0.29, 0.717) is 19.4 Å². The Balaban J connectivity index is 1.20. The molecule has 3 N–H and O–H groups in total. The monoisotopic (exact) mass is 575 g/mol. The lowest BCUT2D eigenvalue weighted by molar-refractivity contribution is -0.166. The summed E-state index contributed by atoms with van der Waals surface area (Å²) in [5, 5.41) is 23.3. The predicted molar refractivity (Wildman–Crippen MR) is 161 cm³/mol. The van der Waals surface area contributed by atoms with Crippen molar-refractivity contribution in [3.63, 3.8) is 0 Å². The molecule has 2 aliphatic heterocycles. The van der Waals surface area contributed by atoms with Gasteiger partial charge in [-0.05, 0) is 73.3 Å². The van der Waals surface area contributed by atoms with Crippen LogP contribution in [0.25, 0.3) is 0 Å². The number of aliphatic hydroxyl groups excluding tert-OH is 1. The summed E-state index contributed by atoms with van der Waals surface area (Å²) in [5.74, 6) is -1.06. The van der Waals surface area contributed by atoms with E-state index in [1.54, 1.807) is 12.1 Å². The van der Waals surface area contributed by atoms with Crippen LogP contribution >= 0.6 is 0 Å². The number of nitrogens with zero attached hydrogens (tertiary/aromatic N) is 2. The van der Waals surface area contributed by atoms with Crippen LogP contribution in [-0.2, 0) is 22.6 Å². The quantitative estimate of drug-likeness (QED) is 0.388. The normalized spacial score (nSPS) is 22.2. The van der Waals surface area contributed by atoms with Gasteiger partial charge in [0.25, 0.3) is 0 Å². The van der Waals surface area contributed by atoms with Crippen LogP contribution in [0.3, 0.4) is 0 Å². The Morgan fingerprint density at radius 2 is 1.55 bits per heavy atom. The molecule has 226 valence electrons. The Hall–Kier alpha value is -3.23. The minimum Gasteiger partial charge on any atom is -0.478 e. The van der Waals surface area contributed by atoms with E-state index in [2.05, 4.69) is 41.4 Å². The molecule has 3 aliphatic rings. The van der Waals surface area contributed by atoms with Crippen LogP contribution < -0.4 is 5.32 Å². The molecule has 1 spiro atoms. The zero-order chi connectivity index (χ0) is 29.7. The van der Waals surface area contributed by atoms with Crippen LogP contribution in [0.5, 0.6) is 0 Å². The van der Waals surface area contributed by atoms with E-state index < -0.39 is 23.7 Å². The van der Waals surface area contributed by atoms with E-state index >= 15 is 0 Å². The average molecular weight is 576 g/mol. The number of aliphatic hydroxyl groups is 1. The van der Waals surface area contributed by atoms with E-state index in [9.17, 15) is 19.5 Å². The summed E-state index contributed by atoms with van der Waals surface area (Å²) in [5.41, 5.74) is 2.87. The maximum atomic E-state index is 13.8. The summed E-state index contributed by atoms with van der Waals surface area (Å²) in [4.78, 5) is 42.8. The summed E-state index contributed by atoms with van der Waals surface area (Å²) in [7, 11) is 0. The number of carboxylic acids is 1. The number of carboxylic acid groups (broad SMARTS) is 1. The van der Waals surface area contributed by atoms with Gasteiger partial charge < -0.3 is 20.4 Å². The van der Waals surface area contributed by atoms with Gasteiger partial charge in [-0.2, -0.15) is 0 Å². The zero-order valence-electron chi connectivity index (χ0n) is 24.8. The molecule has 8 nitrogen and oxygen atoms in total. The van der Waals surface area contributed by atoms with Crippen LogP contribution in [0, 0.1) is 5.92 Å². The van der Waals surface area contributed by atoms with Crippen LogP contribution in [0.15, 0.2) is 48.5 Å². The van der Waals surface area contributed by atoms with Crippen LogP contribution in [0.1, 0.15) is 91.8 Å². The fourth-order valence-corrected chi connectivity index (χ4v) is 7.06. The van der Waals surface area contributed by atoms with Crippen molar-refractivity contribution in [2.45, 2.75) is 95.4 Å². The van der Waals surface area contributed by atoms with Gasteiger partial charge in [0.05, 0.1) is 11.7 Å². The number of likely N-dealkylation sites (tertiary alicyclic amines) is 1. The van der Waals surface area contributed by atoms with Crippen molar-refractivity contribution in [3.8, 4) is 0 Å². The summed E-state index contributed by atoms with van der Waals surface area (Å²) in [6.07, 6.45) is 8.01. The molecule has 2 amide bonds. The summed E-state index contributed by atoms with van der Waals surface area (Å²) >= 11 is 0. The number of hydrogen-bond acceptors (Lipinski definition) is 5. The molecule has 0 aromatic heterocycles. The van der Waals surface area contributed by atoms with Gasteiger partial charge in [0.2, 0.25) is 11.8 Å². The summed E-state index contributed by atoms with van der Waals surface area (Å²) < 4.78 is 0. The third-order valence-electron chi connectivity index (χ3n) is 9.69. The molecule has 42 heavy (non-hydrogen) atoms. The van der Waals surface area contributed by atoms with Crippen molar-refractivity contribution >= 4 is 17.8 Å². The first-order valence-corrected chi connectivity index (χ1v) is 15.7. The number of rotatable bonds is 10. The standard InChI is InChI=1S/C34H45N3O5/c1-2-3-19-37-31(39)29(30(38)27-7-5-4-6-8-27)35-33(42)34(37)17-20-36(21-18-34)23-26-11-9-24(10-12-26)22-25-13-15-28(16-14-25)32(40)41/h9-16,27,29-30,38H,2-8,17-23H2,1H3,(H,35,42)(H,40,41)/t29-,30-/m1/s1. The highest BCUT2D eigenvalue weighted by Gasteiger charge is 2.55. The molecule has 0 unspecified atom stereocenters. The van der Waals surface area contributed by atoms with Gasteiger partial charge in [0.15, 0.2) is 0 Å². The molecule has 2 atom stereocenters. The van der Waals surface area contributed by atoms with E-state index in [1.165, 1.54) is 12.0 Å². The molecule has 2 heterocycles. The molecule has 5 rings (SSSR count). The Kier molecular flexibility index (Phi) is 9.63. The number of piperidine rings is 1. The highest BCUT2D eigenvalue weighted by Crippen LogP contribution is 2.36. The minimum atomic E-state index is -0.920. The van der Waals surface area contributed by atoms with Crippen molar-refractivity contribution in [2.75, 3.05) is 19.6 Å². The number of nitrogens with one attached hydrogen (secondary N) is 1. The van der Waals surface area contributed by atoms with Gasteiger partial charge in [0.1, 0.15) is 11.6 Å². The third-order valence-corrected chi connectivity index (χ3v) is 9.69. The van der Waals surface area contributed by atoms with Crippen molar-refractivity contribution in [2.24, 2.45) is 5.92 Å². The van der Waals surface area contributed by atoms with Gasteiger partial charge in [-0.25, -0.2) is 4.79 Å². The average Bonchev–Trinajstić information content (AvgIpc) is 3.01. The lowest BCUT2D eigenvalue weighted by Gasteiger charge is -2.52. The van der Waals surface area contributed by atoms with Crippen molar-refractivity contribution < 1.29 is 24.6 Å². The minimum absolute atomic E-state index is 0.0702. The Morgan fingerprint density at radius 1 is 0.952 bits per heavy atom. The van der Waals surface area contributed by atoms with Crippen molar-refractivity contribution in [1.29, 1.82) is 0 Å². The molecule has 3 fully saturated rings. The van der Waals surface area contributed by atoms with Crippen LogP contribution in [0.2, 0.25) is 0 Å². The number of carbonyl (C=O) groups is 3. The maximum Gasteiger partial charge on any atom is 0.335 e. The van der Waals surface area contributed by atoms with E-state index in [1.807, 2.05) is 17.0 Å². The number of unbranched alkanes of at least 4 members (excludes halogenated alkanes) is 1. The summed E-state index contributed by atoms with van der Waals surface area (Å²) in [6.45, 7) is 4.86. The van der Waals surface area contributed by atoms with Gasteiger partial charge in [-0.1, -0.05) is 69.0 Å². The second kappa shape index (κ2) is 13.4. The van der Waals surface area contributed by atoms with E-state index in [0.717, 1.165) is 75.7 Å². The van der Waals surface area contributed by atoms with Gasteiger partial charge in [0, 0.05) is 26.2 Å². The lowest BCUT2D eigenvalue weighted by Crippen LogP contribution is -2.75. The predicted octanol–water partition coefficient (Wildman–Crippen LogP) is 4.38. The number of carbonyl (C=O) groups excluding carboxylic acids is 2. The number of hydrogen-bond donors (Lipinski definition) is 3. The molecule has 2 aromatic rings. The van der Waals surface area contributed by atoms with Gasteiger partial charge in [-0.3, -0.25) is 14.5 Å². The van der Waals surface area contributed by atoms with Crippen LogP contribution in [-0.4, -0.2) is 75.1 Å².